The number of carbonyl (C=O) groups is 1. The molecular weight excluding hydrogens is 237 g/mol. The average molecular weight is 248 g/mol. The molecule has 0 aliphatic carbocycles. The molecule has 1 aromatic carbocycles. The third kappa shape index (κ3) is 3.95. The minimum atomic E-state index is -3.10. The Morgan fingerprint density at radius 1 is 1.47 bits per heavy atom. The van der Waals surface area contributed by atoms with Crippen molar-refractivity contribution in [1.82, 2.24) is 0 Å². The maximum Gasteiger partial charge on any atom is 0.387 e. The van der Waals surface area contributed by atoms with Gasteiger partial charge < -0.3 is 15.8 Å². The van der Waals surface area contributed by atoms with Gasteiger partial charge in [-0.2, -0.15) is 8.78 Å². The molecule has 0 aromatic heterocycles. The number of benzene rings is 1. The summed E-state index contributed by atoms with van der Waals surface area (Å²) in [5, 5.41) is 2.32. The fourth-order valence-electron chi connectivity index (χ4n) is 1.03. The molecule has 3 N–H and O–H groups in total. The molecule has 17 heavy (non-hydrogen) atoms. The van der Waals surface area contributed by atoms with E-state index in [9.17, 15) is 18.0 Å². The van der Waals surface area contributed by atoms with Gasteiger partial charge in [0, 0.05) is 11.8 Å². The van der Waals surface area contributed by atoms with E-state index in [0.717, 1.165) is 12.1 Å². The van der Waals surface area contributed by atoms with E-state index in [-0.39, 0.29) is 5.69 Å². The predicted octanol–water partition coefficient (Wildman–Crippen LogP) is 1.71. The minimum Gasteiger partial charge on any atom is -0.432 e. The highest BCUT2D eigenvalue weighted by molar-refractivity contribution is 5.94. The summed E-state index contributed by atoms with van der Waals surface area (Å²) in [6, 6.07) is 2.35. The average Bonchev–Trinajstić information content (AvgIpc) is 2.21. The SMILES string of the molecule is C[C@@H](N)C(=O)Nc1ccc(OC(F)F)c(F)c1. The molecule has 1 rings (SSSR count). The van der Waals surface area contributed by atoms with Crippen molar-refractivity contribution in [3.63, 3.8) is 0 Å². The third-order valence-electron chi connectivity index (χ3n) is 1.83. The quantitative estimate of drug-likeness (QED) is 0.852. The van der Waals surface area contributed by atoms with Crippen LogP contribution < -0.4 is 15.8 Å². The van der Waals surface area contributed by atoms with Crippen LogP contribution >= 0.6 is 0 Å². The van der Waals surface area contributed by atoms with E-state index in [4.69, 9.17) is 5.73 Å². The standard InChI is InChI=1S/C10H11F3N2O2/c1-5(14)9(16)15-6-2-3-8(7(11)4-6)17-10(12)13/h2-5,10H,14H2,1H3,(H,15,16)/t5-/m1/s1. The Bertz CT molecular complexity index is 411. The molecule has 1 amide bonds. The van der Waals surface area contributed by atoms with Gasteiger partial charge in [0.05, 0.1) is 6.04 Å². The van der Waals surface area contributed by atoms with Crippen molar-refractivity contribution in [2.24, 2.45) is 5.73 Å². The van der Waals surface area contributed by atoms with Crippen molar-refractivity contribution in [3.05, 3.63) is 24.0 Å². The van der Waals surface area contributed by atoms with Crippen LogP contribution in [0.2, 0.25) is 0 Å². The molecule has 0 bridgehead atoms. The molecule has 0 heterocycles. The van der Waals surface area contributed by atoms with E-state index in [1.807, 2.05) is 0 Å². The smallest absolute Gasteiger partial charge is 0.387 e. The Kier molecular flexibility index (Phi) is 4.33. The van der Waals surface area contributed by atoms with Gasteiger partial charge in [-0.15, -0.1) is 0 Å². The second kappa shape index (κ2) is 5.53. The molecule has 0 fully saturated rings. The second-order valence-electron chi connectivity index (χ2n) is 3.30. The highest BCUT2D eigenvalue weighted by atomic mass is 19.3. The normalized spacial score (nSPS) is 12.4. The Hall–Kier alpha value is -1.76. The third-order valence-corrected chi connectivity index (χ3v) is 1.83. The number of hydrogen-bond acceptors (Lipinski definition) is 3. The number of nitrogens with two attached hydrogens (primary N) is 1. The van der Waals surface area contributed by atoms with Gasteiger partial charge in [-0.05, 0) is 19.1 Å². The fourth-order valence-corrected chi connectivity index (χ4v) is 1.03. The van der Waals surface area contributed by atoms with E-state index in [1.165, 1.54) is 13.0 Å². The summed E-state index contributed by atoms with van der Waals surface area (Å²) in [6.07, 6.45) is 0. The van der Waals surface area contributed by atoms with Gasteiger partial charge in [0.15, 0.2) is 11.6 Å². The number of anilines is 1. The molecule has 4 nitrogen and oxygen atoms in total. The van der Waals surface area contributed by atoms with E-state index in [1.54, 1.807) is 0 Å². The van der Waals surface area contributed by atoms with Crippen LogP contribution in [-0.2, 0) is 4.79 Å². The van der Waals surface area contributed by atoms with Gasteiger partial charge in [0.2, 0.25) is 5.91 Å². The lowest BCUT2D eigenvalue weighted by Gasteiger charge is -2.10. The molecule has 0 saturated carbocycles. The summed E-state index contributed by atoms with van der Waals surface area (Å²) in [5.74, 6) is -2.08. The largest absolute Gasteiger partial charge is 0.432 e. The van der Waals surface area contributed by atoms with Crippen LogP contribution in [0.5, 0.6) is 5.75 Å². The van der Waals surface area contributed by atoms with Crippen molar-refractivity contribution >= 4 is 11.6 Å². The van der Waals surface area contributed by atoms with E-state index in [2.05, 4.69) is 10.1 Å². The van der Waals surface area contributed by atoms with Gasteiger partial charge in [-0.25, -0.2) is 4.39 Å². The number of hydrogen-bond donors (Lipinski definition) is 2. The van der Waals surface area contributed by atoms with Gasteiger partial charge in [0.25, 0.3) is 0 Å². The van der Waals surface area contributed by atoms with E-state index < -0.39 is 30.1 Å². The second-order valence-corrected chi connectivity index (χ2v) is 3.30. The molecule has 0 saturated heterocycles. The summed E-state index contributed by atoms with van der Waals surface area (Å²) >= 11 is 0. The number of halogens is 3. The highest BCUT2D eigenvalue weighted by Crippen LogP contribution is 2.22. The Morgan fingerprint density at radius 2 is 2.12 bits per heavy atom. The summed E-state index contributed by atoms with van der Waals surface area (Å²) in [4.78, 5) is 11.2. The lowest BCUT2D eigenvalue weighted by Crippen LogP contribution is -2.32. The van der Waals surface area contributed by atoms with Gasteiger partial charge in [-0.3, -0.25) is 4.79 Å². The molecule has 94 valence electrons. The first-order chi connectivity index (χ1) is 7.90. The predicted molar refractivity (Wildman–Crippen MR) is 55.3 cm³/mol. The molecule has 0 radical (unpaired) electrons. The van der Waals surface area contributed by atoms with Gasteiger partial charge in [-0.1, -0.05) is 0 Å². The van der Waals surface area contributed by atoms with Crippen LogP contribution in [0.3, 0.4) is 0 Å². The number of alkyl halides is 2. The first kappa shape index (κ1) is 13.3. The van der Waals surface area contributed by atoms with Crippen LogP contribution in [0.25, 0.3) is 0 Å². The number of nitrogens with one attached hydrogen (secondary N) is 1. The zero-order chi connectivity index (χ0) is 13.0. The first-order valence-electron chi connectivity index (χ1n) is 4.71. The van der Waals surface area contributed by atoms with Crippen LogP contribution in [0.15, 0.2) is 18.2 Å². The molecule has 1 aromatic rings. The van der Waals surface area contributed by atoms with E-state index in [0.29, 0.717) is 0 Å². The maximum atomic E-state index is 13.2. The van der Waals surface area contributed by atoms with Crippen LogP contribution in [0, 0.1) is 5.82 Å². The zero-order valence-electron chi connectivity index (χ0n) is 8.91. The first-order valence-corrected chi connectivity index (χ1v) is 4.71. The van der Waals surface area contributed by atoms with Crippen LogP contribution in [-0.4, -0.2) is 18.6 Å². The number of carbonyl (C=O) groups excluding carboxylic acids is 1. The van der Waals surface area contributed by atoms with Crippen molar-refractivity contribution < 1.29 is 22.7 Å². The Labute approximate surface area is 95.6 Å². The lowest BCUT2D eigenvalue weighted by molar-refractivity contribution is -0.117. The number of ether oxygens (including phenoxy) is 1. The summed E-state index contributed by atoms with van der Waals surface area (Å²) in [6.45, 7) is -1.64. The van der Waals surface area contributed by atoms with Crippen LogP contribution in [0.4, 0.5) is 18.9 Å². The van der Waals surface area contributed by atoms with Crippen LogP contribution in [0.1, 0.15) is 6.92 Å². The van der Waals surface area contributed by atoms with Crippen molar-refractivity contribution in [2.75, 3.05) is 5.32 Å². The summed E-state index contributed by atoms with van der Waals surface area (Å²) in [5.41, 5.74) is 5.41. The molecule has 7 heteroatoms. The monoisotopic (exact) mass is 248 g/mol. The molecule has 0 aliphatic heterocycles. The van der Waals surface area contributed by atoms with Gasteiger partial charge in [0.1, 0.15) is 0 Å². The molecular formula is C10H11F3N2O2. The van der Waals surface area contributed by atoms with Gasteiger partial charge >= 0.3 is 6.61 Å². The number of rotatable bonds is 4. The highest BCUT2D eigenvalue weighted by Gasteiger charge is 2.12. The summed E-state index contributed by atoms with van der Waals surface area (Å²) < 4.78 is 40.8. The zero-order valence-corrected chi connectivity index (χ0v) is 8.91. The molecule has 0 unspecified atom stereocenters. The van der Waals surface area contributed by atoms with Crippen molar-refractivity contribution in [3.8, 4) is 5.75 Å². The number of amides is 1. The molecule has 0 aliphatic rings. The molecule has 1 atom stereocenters. The Morgan fingerprint density at radius 3 is 2.59 bits per heavy atom. The lowest BCUT2D eigenvalue weighted by atomic mass is 10.2. The summed E-state index contributed by atoms with van der Waals surface area (Å²) in [7, 11) is 0. The molecule has 0 spiro atoms. The fraction of sp³-hybridized carbons (Fsp3) is 0.300. The topological polar surface area (TPSA) is 64.4 Å². The van der Waals surface area contributed by atoms with Crippen molar-refractivity contribution in [1.29, 1.82) is 0 Å². The maximum absolute atomic E-state index is 13.2. The van der Waals surface area contributed by atoms with Crippen molar-refractivity contribution in [2.45, 2.75) is 19.6 Å². The Balaban J connectivity index is 2.78. The van der Waals surface area contributed by atoms with E-state index >= 15 is 0 Å². The minimum absolute atomic E-state index is 0.117.